The van der Waals surface area contributed by atoms with Gasteiger partial charge in [0.15, 0.2) is 0 Å². The lowest BCUT2D eigenvalue weighted by atomic mass is 10.00. The Morgan fingerprint density at radius 2 is 1.79 bits per heavy atom. The summed E-state index contributed by atoms with van der Waals surface area (Å²) in [7, 11) is 2.00. The molecular formula is C13H27Cl2N3O. The van der Waals surface area contributed by atoms with Crippen molar-refractivity contribution in [3.63, 3.8) is 0 Å². The molecule has 2 bridgehead atoms. The first-order valence-electron chi connectivity index (χ1n) is 6.80. The molecule has 2 atom stereocenters. The van der Waals surface area contributed by atoms with Crippen LogP contribution in [0.4, 0.5) is 0 Å². The van der Waals surface area contributed by atoms with Crippen molar-refractivity contribution in [3.8, 4) is 0 Å². The van der Waals surface area contributed by atoms with E-state index in [0.717, 1.165) is 12.8 Å². The van der Waals surface area contributed by atoms with Gasteiger partial charge in [0.2, 0.25) is 5.91 Å². The Hall–Kier alpha value is -0.0300. The van der Waals surface area contributed by atoms with E-state index in [1.165, 1.54) is 12.8 Å². The summed E-state index contributed by atoms with van der Waals surface area (Å²) in [6.45, 7) is 4.73. The highest BCUT2D eigenvalue weighted by Crippen LogP contribution is 2.26. The summed E-state index contributed by atoms with van der Waals surface area (Å²) < 4.78 is 0. The van der Waals surface area contributed by atoms with Crippen molar-refractivity contribution < 1.29 is 4.79 Å². The Balaban J connectivity index is 0.00000162. The topological polar surface area (TPSA) is 44.4 Å². The molecule has 2 N–H and O–H groups in total. The van der Waals surface area contributed by atoms with E-state index in [1.807, 2.05) is 7.05 Å². The molecule has 2 fully saturated rings. The van der Waals surface area contributed by atoms with Crippen LogP contribution in [0.15, 0.2) is 0 Å². The summed E-state index contributed by atoms with van der Waals surface area (Å²) >= 11 is 0. The number of likely N-dealkylation sites (N-methyl/N-ethyl adjacent to an activating group) is 1. The molecule has 2 unspecified atom stereocenters. The Morgan fingerprint density at radius 1 is 1.26 bits per heavy atom. The highest BCUT2D eigenvalue weighted by molar-refractivity contribution is 5.85. The van der Waals surface area contributed by atoms with E-state index in [1.54, 1.807) is 0 Å². The zero-order valence-corrected chi connectivity index (χ0v) is 13.6. The number of piperidine rings is 1. The van der Waals surface area contributed by atoms with Gasteiger partial charge in [0.25, 0.3) is 0 Å². The normalized spacial score (nSPS) is 28.8. The van der Waals surface area contributed by atoms with Crippen molar-refractivity contribution in [1.82, 2.24) is 15.5 Å². The number of nitrogens with zero attached hydrogens (tertiary/aromatic N) is 1. The third-order valence-electron chi connectivity index (χ3n) is 4.11. The molecule has 2 aliphatic rings. The number of rotatable bonds is 4. The van der Waals surface area contributed by atoms with Gasteiger partial charge in [-0.1, -0.05) is 0 Å². The van der Waals surface area contributed by atoms with Gasteiger partial charge in [-0.15, -0.1) is 24.8 Å². The van der Waals surface area contributed by atoms with Crippen LogP contribution in [0.5, 0.6) is 0 Å². The molecule has 0 aromatic heterocycles. The van der Waals surface area contributed by atoms with Gasteiger partial charge in [0.05, 0.1) is 6.54 Å². The number of amides is 1. The molecule has 2 aliphatic heterocycles. The first kappa shape index (κ1) is 19.0. The van der Waals surface area contributed by atoms with Crippen LogP contribution in [-0.2, 0) is 4.79 Å². The number of hydrogen-bond donors (Lipinski definition) is 2. The highest BCUT2D eigenvalue weighted by Gasteiger charge is 2.33. The third kappa shape index (κ3) is 5.46. The second kappa shape index (κ2) is 8.30. The maximum atomic E-state index is 11.9. The van der Waals surface area contributed by atoms with Crippen LogP contribution in [0.1, 0.15) is 39.5 Å². The second-order valence-electron chi connectivity index (χ2n) is 5.88. The molecule has 0 aromatic rings. The first-order chi connectivity index (χ1) is 8.04. The number of carbonyl (C=O) groups excluding carboxylic acids is 1. The monoisotopic (exact) mass is 311 g/mol. The van der Waals surface area contributed by atoms with Gasteiger partial charge in [-0.25, -0.2) is 0 Å². The molecule has 0 aliphatic carbocycles. The van der Waals surface area contributed by atoms with Gasteiger partial charge >= 0.3 is 0 Å². The third-order valence-corrected chi connectivity index (χ3v) is 4.11. The Labute approximate surface area is 128 Å². The van der Waals surface area contributed by atoms with Gasteiger partial charge in [0, 0.05) is 24.2 Å². The first-order valence-corrected chi connectivity index (χ1v) is 6.80. The number of fused-ring (bicyclic) bond motifs is 2. The molecule has 6 heteroatoms. The second-order valence-corrected chi connectivity index (χ2v) is 5.88. The Bertz CT molecular complexity index is 277. The molecule has 19 heavy (non-hydrogen) atoms. The molecule has 114 valence electrons. The number of hydrogen-bond acceptors (Lipinski definition) is 3. The minimum atomic E-state index is 0. The van der Waals surface area contributed by atoms with Crippen LogP contribution in [0.25, 0.3) is 0 Å². The number of halogens is 2. The van der Waals surface area contributed by atoms with Gasteiger partial charge in [0.1, 0.15) is 0 Å². The van der Waals surface area contributed by atoms with Crippen molar-refractivity contribution >= 4 is 30.7 Å². The van der Waals surface area contributed by atoms with Crippen LogP contribution in [0.3, 0.4) is 0 Å². The van der Waals surface area contributed by atoms with E-state index in [4.69, 9.17) is 0 Å². The maximum absolute atomic E-state index is 11.9. The van der Waals surface area contributed by atoms with Crippen molar-refractivity contribution in [1.29, 1.82) is 0 Å². The molecule has 1 amide bonds. The fourth-order valence-corrected chi connectivity index (χ4v) is 2.86. The molecule has 0 spiro atoms. The predicted octanol–water partition coefficient (Wildman–Crippen LogP) is 1.57. The van der Waals surface area contributed by atoms with Crippen molar-refractivity contribution in [2.75, 3.05) is 13.6 Å². The maximum Gasteiger partial charge on any atom is 0.234 e. The molecule has 2 saturated heterocycles. The van der Waals surface area contributed by atoms with Gasteiger partial charge in [-0.2, -0.15) is 0 Å². The van der Waals surface area contributed by atoms with Gasteiger partial charge in [-0.05, 0) is 46.6 Å². The summed E-state index contributed by atoms with van der Waals surface area (Å²) in [4.78, 5) is 14.0. The lowest BCUT2D eigenvalue weighted by Gasteiger charge is -2.30. The molecule has 0 radical (unpaired) electrons. The van der Waals surface area contributed by atoms with E-state index >= 15 is 0 Å². The minimum Gasteiger partial charge on any atom is -0.352 e. The molecule has 2 heterocycles. The molecular weight excluding hydrogens is 285 g/mol. The fourth-order valence-electron chi connectivity index (χ4n) is 2.86. The van der Waals surface area contributed by atoms with Gasteiger partial charge in [-0.3, -0.25) is 9.69 Å². The Kier molecular flexibility index (Phi) is 8.29. The Morgan fingerprint density at radius 3 is 2.26 bits per heavy atom. The van der Waals surface area contributed by atoms with Crippen LogP contribution in [0.2, 0.25) is 0 Å². The van der Waals surface area contributed by atoms with Crippen LogP contribution >= 0.6 is 24.8 Å². The van der Waals surface area contributed by atoms with E-state index in [-0.39, 0.29) is 30.7 Å². The summed E-state index contributed by atoms with van der Waals surface area (Å²) in [5.41, 5.74) is 0. The zero-order chi connectivity index (χ0) is 12.4. The SMILES string of the molecule is CC(C)N(C)CC(=O)NC1CC2CCC(C1)N2.Cl.Cl. The summed E-state index contributed by atoms with van der Waals surface area (Å²) in [6, 6.07) is 2.09. The molecule has 0 saturated carbocycles. The average molecular weight is 312 g/mol. The van der Waals surface area contributed by atoms with E-state index in [9.17, 15) is 4.79 Å². The average Bonchev–Trinajstić information content (AvgIpc) is 2.57. The smallest absolute Gasteiger partial charge is 0.234 e. The lowest BCUT2D eigenvalue weighted by Crippen LogP contribution is -2.50. The van der Waals surface area contributed by atoms with E-state index in [0.29, 0.717) is 30.7 Å². The number of carbonyl (C=O) groups is 1. The fraction of sp³-hybridized carbons (Fsp3) is 0.923. The lowest BCUT2D eigenvalue weighted by molar-refractivity contribution is -0.123. The summed E-state index contributed by atoms with van der Waals surface area (Å²) in [6.07, 6.45) is 4.77. The largest absolute Gasteiger partial charge is 0.352 e. The highest BCUT2D eigenvalue weighted by atomic mass is 35.5. The van der Waals surface area contributed by atoms with Crippen LogP contribution in [0, 0.1) is 0 Å². The summed E-state index contributed by atoms with van der Waals surface area (Å²) in [5, 5.41) is 6.78. The molecule has 0 aromatic carbocycles. The van der Waals surface area contributed by atoms with E-state index in [2.05, 4.69) is 29.4 Å². The minimum absolute atomic E-state index is 0. The number of nitrogens with one attached hydrogen (secondary N) is 2. The molecule has 4 nitrogen and oxygen atoms in total. The van der Waals surface area contributed by atoms with Crippen molar-refractivity contribution in [3.05, 3.63) is 0 Å². The van der Waals surface area contributed by atoms with Gasteiger partial charge < -0.3 is 10.6 Å². The standard InChI is InChI=1S/C13H25N3O.2ClH/c1-9(2)16(3)8-13(17)15-12-6-10-4-5-11(7-12)14-10;;/h9-12,14H,4-8H2,1-3H3,(H,15,17);2*1H. The predicted molar refractivity (Wildman–Crippen MR) is 83.4 cm³/mol. The molecule has 2 rings (SSSR count). The zero-order valence-electron chi connectivity index (χ0n) is 12.0. The van der Waals surface area contributed by atoms with Crippen molar-refractivity contribution in [2.45, 2.75) is 63.7 Å². The summed E-state index contributed by atoms with van der Waals surface area (Å²) in [5.74, 6) is 0.174. The van der Waals surface area contributed by atoms with Crippen LogP contribution < -0.4 is 10.6 Å². The van der Waals surface area contributed by atoms with Crippen molar-refractivity contribution in [2.24, 2.45) is 0 Å². The quantitative estimate of drug-likeness (QED) is 0.828. The van der Waals surface area contributed by atoms with Crippen LogP contribution in [-0.4, -0.2) is 48.6 Å². The van der Waals surface area contributed by atoms with E-state index < -0.39 is 0 Å².